The summed E-state index contributed by atoms with van der Waals surface area (Å²) >= 11 is 0. The van der Waals surface area contributed by atoms with Gasteiger partial charge in [0.15, 0.2) is 0 Å². The van der Waals surface area contributed by atoms with E-state index in [1.54, 1.807) is 31.3 Å². The maximum Gasteiger partial charge on any atom is 0.272 e. The number of nitrogens with one attached hydrogen (secondary N) is 2. The summed E-state index contributed by atoms with van der Waals surface area (Å²) in [5.41, 5.74) is 3.29. The van der Waals surface area contributed by atoms with Crippen LogP contribution in [-0.4, -0.2) is 29.1 Å². The third kappa shape index (κ3) is 5.58. The molecule has 0 fully saturated rings. The number of carbonyl (C=O) groups excluding carboxylic acids is 2. The van der Waals surface area contributed by atoms with Crippen LogP contribution >= 0.6 is 0 Å². The van der Waals surface area contributed by atoms with Gasteiger partial charge >= 0.3 is 0 Å². The Kier molecular flexibility index (Phi) is 5.94. The summed E-state index contributed by atoms with van der Waals surface area (Å²) in [4.78, 5) is 26.8. The number of hydrazone groups is 1. The molecule has 1 aromatic rings. The van der Waals surface area contributed by atoms with Gasteiger partial charge in [-0.3, -0.25) is 14.6 Å². The first kappa shape index (κ1) is 14.6. The monoisotopic (exact) mass is 260 g/mol. The molecule has 0 spiro atoms. The molecule has 0 radical (unpaired) electrons. The Hall–Kier alpha value is -2.50. The first-order valence-corrected chi connectivity index (χ1v) is 5.74. The van der Waals surface area contributed by atoms with Crippen LogP contribution in [0.1, 0.15) is 23.7 Å². The lowest BCUT2D eigenvalue weighted by Crippen LogP contribution is -2.26. The van der Waals surface area contributed by atoms with Crippen LogP contribution < -0.4 is 10.7 Å². The van der Waals surface area contributed by atoms with Crippen molar-refractivity contribution in [3.63, 3.8) is 0 Å². The normalized spacial score (nSPS) is 10.7. The van der Waals surface area contributed by atoms with Gasteiger partial charge in [-0.15, -0.1) is 6.58 Å². The van der Waals surface area contributed by atoms with Crippen LogP contribution in [0, 0.1) is 0 Å². The van der Waals surface area contributed by atoms with E-state index in [1.165, 1.54) is 6.20 Å². The number of amides is 2. The van der Waals surface area contributed by atoms with Crippen molar-refractivity contribution in [2.75, 3.05) is 6.54 Å². The highest BCUT2D eigenvalue weighted by Gasteiger charge is 2.05. The van der Waals surface area contributed by atoms with E-state index in [4.69, 9.17) is 0 Å². The van der Waals surface area contributed by atoms with Crippen LogP contribution in [-0.2, 0) is 4.79 Å². The molecule has 6 nitrogen and oxygen atoms in total. The highest BCUT2D eigenvalue weighted by molar-refractivity contribution is 6.01. The van der Waals surface area contributed by atoms with Gasteiger partial charge < -0.3 is 5.32 Å². The number of nitrogens with zero attached hydrogens (tertiary/aromatic N) is 2. The predicted octanol–water partition coefficient (Wildman–Crippen LogP) is 0.880. The first-order chi connectivity index (χ1) is 9.13. The molecule has 0 aliphatic carbocycles. The van der Waals surface area contributed by atoms with Crippen molar-refractivity contribution in [1.82, 2.24) is 15.7 Å². The zero-order valence-electron chi connectivity index (χ0n) is 10.7. The minimum absolute atomic E-state index is 0.126. The molecule has 1 aromatic heterocycles. The van der Waals surface area contributed by atoms with Crippen LogP contribution in [0.2, 0.25) is 0 Å². The summed E-state index contributed by atoms with van der Waals surface area (Å²) in [7, 11) is 0. The molecule has 0 aliphatic rings. The zero-order chi connectivity index (χ0) is 14.1. The quantitative estimate of drug-likeness (QED) is 0.452. The maximum absolute atomic E-state index is 11.6. The van der Waals surface area contributed by atoms with E-state index in [-0.39, 0.29) is 18.2 Å². The summed E-state index contributed by atoms with van der Waals surface area (Å²) in [6, 6.07) is 3.29. The summed E-state index contributed by atoms with van der Waals surface area (Å²) in [5.74, 6) is -0.532. The Labute approximate surface area is 111 Å². The number of hydrogen-bond donors (Lipinski definition) is 2. The van der Waals surface area contributed by atoms with Crippen molar-refractivity contribution in [1.29, 1.82) is 0 Å². The number of pyridine rings is 1. The second-order valence-corrected chi connectivity index (χ2v) is 3.80. The van der Waals surface area contributed by atoms with Crippen LogP contribution in [0.3, 0.4) is 0 Å². The fourth-order valence-electron chi connectivity index (χ4n) is 1.23. The summed E-state index contributed by atoms with van der Waals surface area (Å²) < 4.78 is 0. The third-order valence-electron chi connectivity index (χ3n) is 2.13. The van der Waals surface area contributed by atoms with Gasteiger partial charge in [-0.1, -0.05) is 6.08 Å². The van der Waals surface area contributed by atoms with Crippen molar-refractivity contribution < 1.29 is 9.59 Å². The average molecular weight is 260 g/mol. The highest BCUT2D eigenvalue weighted by Crippen LogP contribution is 1.95. The summed E-state index contributed by atoms with van der Waals surface area (Å²) in [6.45, 7) is 5.57. The molecular formula is C13H16N4O2. The number of carbonyl (C=O) groups is 2. The van der Waals surface area contributed by atoms with Crippen molar-refractivity contribution in [2.24, 2.45) is 5.10 Å². The minimum Gasteiger partial charge on any atom is -0.352 e. The number of hydrogen-bond acceptors (Lipinski definition) is 4. The second-order valence-electron chi connectivity index (χ2n) is 3.80. The summed E-state index contributed by atoms with van der Waals surface area (Å²) in [6.07, 6.45) is 4.74. The van der Waals surface area contributed by atoms with Crippen LogP contribution in [0.4, 0.5) is 0 Å². The van der Waals surface area contributed by atoms with Gasteiger partial charge in [0, 0.05) is 24.7 Å². The molecule has 19 heavy (non-hydrogen) atoms. The van der Waals surface area contributed by atoms with Gasteiger partial charge in [-0.25, -0.2) is 5.43 Å². The molecule has 0 aromatic carbocycles. The van der Waals surface area contributed by atoms with Crippen LogP contribution in [0.15, 0.2) is 42.3 Å². The molecule has 1 rings (SSSR count). The van der Waals surface area contributed by atoms with Gasteiger partial charge in [-0.2, -0.15) is 5.10 Å². The average Bonchev–Trinajstić information content (AvgIpc) is 2.43. The Balaban J connectivity index is 2.45. The third-order valence-corrected chi connectivity index (χ3v) is 2.13. The largest absolute Gasteiger partial charge is 0.352 e. The van der Waals surface area contributed by atoms with Gasteiger partial charge in [0.25, 0.3) is 5.91 Å². The van der Waals surface area contributed by atoms with E-state index in [0.717, 1.165) is 0 Å². The van der Waals surface area contributed by atoms with Crippen molar-refractivity contribution in [2.45, 2.75) is 13.3 Å². The van der Waals surface area contributed by atoms with Crippen LogP contribution in [0.5, 0.6) is 0 Å². The predicted molar refractivity (Wildman–Crippen MR) is 72.6 cm³/mol. The van der Waals surface area contributed by atoms with Crippen LogP contribution in [0.25, 0.3) is 0 Å². The van der Waals surface area contributed by atoms with Crippen molar-refractivity contribution in [3.8, 4) is 0 Å². The van der Waals surface area contributed by atoms with E-state index in [2.05, 4.69) is 27.4 Å². The molecule has 0 aliphatic heterocycles. The van der Waals surface area contributed by atoms with E-state index < -0.39 is 0 Å². The molecular weight excluding hydrogens is 244 g/mol. The van der Waals surface area contributed by atoms with Crippen molar-refractivity contribution >= 4 is 17.5 Å². The molecule has 0 atom stereocenters. The van der Waals surface area contributed by atoms with Crippen molar-refractivity contribution in [3.05, 3.63) is 42.7 Å². The standard InChI is InChI=1S/C13H16N4O2/c1-3-6-15-12(18)8-10(2)16-17-13(19)11-5-4-7-14-9-11/h3-5,7,9H,1,6,8H2,2H3,(H,15,18)(H,17,19). The molecule has 0 unspecified atom stereocenters. The van der Waals surface area contributed by atoms with Gasteiger partial charge in [0.2, 0.25) is 5.91 Å². The lowest BCUT2D eigenvalue weighted by atomic mass is 10.3. The Morgan fingerprint density at radius 3 is 2.95 bits per heavy atom. The molecule has 0 bridgehead atoms. The molecule has 100 valence electrons. The minimum atomic E-state index is -0.362. The lowest BCUT2D eigenvalue weighted by molar-refractivity contribution is -0.119. The Bertz CT molecular complexity index is 483. The number of rotatable bonds is 6. The van der Waals surface area contributed by atoms with E-state index in [0.29, 0.717) is 17.8 Å². The smallest absolute Gasteiger partial charge is 0.272 e. The first-order valence-electron chi connectivity index (χ1n) is 5.74. The Morgan fingerprint density at radius 2 is 2.32 bits per heavy atom. The van der Waals surface area contributed by atoms with Gasteiger partial charge in [-0.05, 0) is 19.1 Å². The fourth-order valence-corrected chi connectivity index (χ4v) is 1.23. The lowest BCUT2D eigenvalue weighted by Gasteiger charge is -2.03. The van der Waals surface area contributed by atoms with E-state index in [1.807, 2.05) is 0 Å². The second kappa shape index (κ2) is 7.75. The summed E-state index contributed by atoms with van der Waals surface area (Å²) in [5, 5.41) is 6.47. The van der Waals surface area contributed by atoms with E-state index in [9.17, 15) is 9.59 Å². The highest BCUT2D eigenvalue weighted by atomic mass is 16.2. The topological polar surface area (TPSA) is 83.5 Å². The van der Waals surface area contributed by atoms with Gasteiger partial charge in [0.05, 0.1) is 12.0 Å². The van der Waals surface area contributed by atoms with E-state index >= 15 is 0 Å². The molecule has 0 saturated carbocycles. The molecule has 2 N–H and O–H groups in total. The maximum atomic E-state index is 11.6. The SMILES string of the molecule is C=CCNC(=O)CC(C)=NNC(=O)c1cccnc1. The van der Waals surface area contributed by atoms with Gasteiger partial charge in [0.1, 0.15) is 0 Å². The molecule has 0 saturated heterocycles. The fraction of sp³-hybridized carbons (Fsp3) is 0.231. The molecule has 1 heterocycles. The zero-order valence-corrected chi connectivity index (χ0v) is 10.7. The number of aromatic nitrogens is 1. The molecule has 2 amide bonds. The molecule has 6 heteroatoms. The Morgan fingerprint density at radius 1 is 1.53 bits per heavy atom.